The molecule has 0 saturated heterocycles. The monoisotopic (exact) mass is 299 g/mol. The summed E-state index contributed by atoms with van der Waals surface area (Å²) in [5.74, 6) is -1.87. The van der Waals surface area contributed by atoms with E-state index in [0.717, 1.165) is 4.90 Å². The number of rotatable bonds is 6. The molecule has 0 spiro atoms. The maximum Gasteiger partial charge on any atom is 0.415 e. The lowest BCUT2D eigenvalue weighted by Crippen LogP contribution is -2.63. The van der Waals surface area contributed by atoms with Crippen molar-refractivity contribution in [2.24, 2.45) is 5.73 Å². The van der Waals surface area contributed by atoms with E-state index in [1.165, 1.54) is 26.1 Å². The van der Waals surface area contributed by atoms with Crippen molar-refractivity contribution in [3.05, 3.63) is 0 Å². The molecule has 0 saturated carbocycles. The summed E-state index contributed by atoms with van der Waals surface area (Å²) < 4.78 is 43.0. The average Bonchev–Trinajstić information content (AvgIpc) is 2.31. The van der Waals surface area contributed by atoms with Gasteiger partial charge in [-0.05, 0) is 6.92 Å². The van der Waals surface area contributed by atoms with Gasteiger partial charge in [-0.25, -0.2) is 0 Å². The van der Waals surface area contributed by atoms with Crippen LogP contribution in [0, 0.1) is 0 Å². The normalized spacial score (nSPS) is 14.6. The third-order valence-corrected chi connectivity index (χ3v) is 2.71. The van der Waals surface area contributed by atoms with Crippen LogP contribution in [0.4, 0.5) is 13.2 Å². The Morgan fingerprint density at radius 1 is 1.25 bits per heavy atom. The van der Waals surface area contributed by atoms with Crippen molar-refractivity contribution in [3.63, 3.8) is 0 Å². The molecule has 0 aliphatic rings. The van der Waals surface area contributed by atoms with Gasteiger partial charge in [0.05, 0.1) is 13.2 Å². The van der Waals surface area contributed by atoms with Crippen molar-refractivity contribution in [1.82, 2.24) is 9.80 Å². The number of methoxy groups -OCH3 is 1. The topological polar surface area (TPSA) is 75.9 Å². The quantitative estimate of drug-likeness (QED) is 0.739. The zero-order valence-corrected chi connectivity index (χ0v) is 12.0. The van der Waals surface area contributed by atoms with Crippen molar-refractivity contribution >= 4 is 11.8 Å². The summed E-state index contributed by atoms with van der Waals surface area (Å²) in [5.41, 5.74) is 2.03. The molecule has 0 heterocycles. The molecule has 1 unspecified atom stereocenters. The minimum atomic E-state index is -4.91. The molecule has 0 aliphatic carbocycles. The summed E-state index contributed by atoms with van der Waals surface area (Å²) in [4.78, 5) is 25.4. The number of hydrogen-bond acceptors (Lipinski definition) is 4. The van der Waals surface area contributed by atoms with Crippen LogP contribution >= 0.6 is 0 Å². The molecule has 0 rings (SSSR count). The molecule has 118 valence electrons. The number of nitrogens with zero attached hydrogens (tertiary/aromatic N) is 2. The van der Waals surface area contributed by atoms with Crippen LogP contribution in [0.15, 0.2) is 0 Å². The van der Waals surface area contributed by atoms with Crippen molar-refractivity contribution in [2.75, 3.05) is 40.9 Å². The molecule has 20 heavy (non-hydrogen) atoms. The Balaban J connectivity index is 5.12. The average molecular weight is 299 g/mol. The summed E-state index contributed by atoms with van der Waals surface area (Å²) in [6, 6.07) is 0. The Labute approximate surface area is 115 Å². The molecule has 0 aromatic rings. The van der Waals surface area contributed by atoms with Gasteiger partial charge in [-0.3, -0.25) is 9.59 Å². The molecular formula is C11H20F3N3O3. The van der Waals surface area contributed by atoms with Gasteiger partial charge in [0.15, 0.2) is 5.54 Å². The largest absolute Gasteiger partial charge is 0.415 e. The zero-order chi connectivity index (χ0) is 16.1. The fourth-order valence-electron chi connectivity index (χ4n) is 1.21. The number of amides is 2. The summed E-state index contributed by atoms with van der Waals surface area (Å²) in [7, 11) is 4.21. The van der Waals surface area contributed by atoms with Crippen LogP contribution in [0.3, 0.4) is 0 Å². The van der Waals surface area contributed by atoms with Crippen LogP contribution in [0.1, 0.15) is 6.92 Å². The van der Waals surface area contributed by atoms with Gasteiger partial charge in [0.2, 0.25) is 5.91 Å². The van der Waals surface area contributed by atoms with Gasteiger partial charge >= 0.3 is 6.18 Å². The minimum absolute atomic E-state index is 0.000383. The number of carbonyl (C=O) groups is 2. The smallest absolute Gasteiger partial charge is 0.383 e. The molecule has 2 amide bonds. The van der Waals surface area contributed by atoms with Gasteiger partial charge in [-0.1, -0.05) is 0 Å². The van der Waals surface area contributed by atoms with Crippen LogP contribution in [0.2, 0.25) is 0 Å². The van der Waals surface area contributed by atoms with E-state index in [4.69, 9.17) is 10.5 Å². The lowest BCUT2D eigenvalue weighted by molar-refractivity contribution is -0.194. The predicted octanol–water partition coefficient (Wildman–Crippen LogP) is -0.171. The zero-order valence-electron chi connectivity index (χ0n) is 12.0. The summed E-state index contributed by atoms with van der Waals surface area (Å²) in [6.07, 6.45) is -4.91. The number of ether oxygens (including phenoxy) is 1. The Hall–Kier alpha value is -1.35. The highest BCUT2D eigenvalue weighted by Crippen LogP contribution is 2.29. The molecule has 6 nitrogen and oxygen atoms in total. The van der Waals surface area contributed by atoms with Crippen molar-refractivity contribution in [2.45, 2.75) is 18.6 Å². The van der Waals surface area contributed by atoms with Gasteiger partial charge in [0.1, 0.15) is 0 Å². The van der Waals surface area contributed by atoms with Crippen molar-refractivity contribution in [1.29, 1.82) is 0 Å². The van der Waals surface area contributed by atoms with Crippen LogP contribution in [-0.4, -0.2) is 74.2 Å². The van der Waals surface area contributed by atoms with E-state index in [0.29, 0.717) is 6.92 Å². The van der Waals surface area contributed by atoms with Gasteiger partial charge in [0, 0.05) is 27.7 Å². The van der Waals surface area contributed by atoms with Gasteiger partial charge in [-0.15, -0.1) is 0 Å². The number of alkyl halides is 3. The first kappa shape index (κ1) is 18.7. The minimum Gasteiger partial charge on any atom is -0.383 e. The van der Waals surface area contributed by atoms with E-state index in [9.17, 15) is 22.8 Å². The molecule has 0 radical (unpaired) electrons. The number of hydrogen-bond donors (Lipinski definition) is 1. The number of nitrogens with two attached hydrogens (primary N) is 1. The van der Waals surface area contributed by atoms with Gasteiger partial charge in [0.25, 0.3) is 5.91 Å². The highest BCUT2D eigenvalue weighted by molar-refractivity contribution is 5.90. The van der Waals surface area contributed by atoms with E-state index in [1.807, 2.05) is 0 Å². The Bertz CT molecular complexity index is 357. The third kappa shape index (κ3) is 4.64. The second-order valence-electron chi connectivity index (χ2n) is 4.71. The van der Waals surface area contributed by atoms with Crippen molar-refractivity contribution in [3.8, 4) is 0 Å². The van der Waals surface area contributed by atoms with Crippen LogP contribution in [0.5, 0.6) is 0 Å². The van der Waals surface area contributed by atoms with Crippen LogP contribution in [0.25, 0.3) is 0 Å². The molecule has 0 aromatic carbocycles. The molecule has 0 aromatic heterocycles. The number of likely N-dealkylation sites (N-methyl/N-ethyl adjacent to an activating group) is 1. The second-order valence-corrected chi connectivity index (χ2v) is 4.71. The lowest BCUT2D eigenvalue weighted by Gasteiger charge is -2.33. The summed E-state index contributed by atoms with van der Waals surface area (Å²) in [6.45, 7) is -0.0640. The first-order valence-electron chi connectivity index (χ1n) is 5.79. The van der Waals surface area contributed by atoms with Gasteiger partial charge in [-0.2, -0.15) is 13.2 Å². The van der Waals surface area contributed by atoms with E-state index >= 15 is 0 Å². The first-order valence-corrected chi connectivity index (χ1v) is 5.79. The van der Waals surface area contributed by atoms with Gasteiger partial charge < -0.3 is 20.3 Å². The SMILES string of the molecule is COCCN(CC(=O)N(C)C)C(=O)C(C)(N)C(F)(F)F. The summed E-state index contributed by atoms with van der Waals surface area (Å²) in [5, 5.41) is 0. The molecule has 0 bridgehead atoms. The van der Waals surface area contributed by atoms with E-state index in [-0.39, 0.29) is 13.2 Å². The first-order chi connectivity index (χ1) is 8.95. The summed E-state index contributed by atoms with van der Waals surface area (Å²) >= 11 is 0. The van der Waals surface area contributed by atoms with E-state index < -0.39 is 30.1 Å². The van der Waals surface area contributed by atoms with Crippen molar-refractivity contribution < 1.29 is 27.5 Å². The molecular weight excluding hydrogens is 279 g/mol. The molecule has 2 N–H and O–H groups in total. The second kappa shape index (κ2) is 6.89. The molecule has 0 aliphatic heterocycles. The Morgan fingerprint density at radius 3 is 2.10 bits per heavy atom. The predicted molar refractivity (Wildman–Crippen MR) is 65.8 cm³/mol. The Morgan fingerprint density at radius 2 is 1.75 bits per heavy atom. The molecule has 1 atom stereocenters. The van der Waals surface area contributed by atoms with Crippen LogP contribution < -0.4 is 5.73 Å². The fraction of sp³-hybridized carbons (Fsp3) is 0.818. The number of halogens is 3. The number of carbonyl (C=O) groups excluding carboxylic acids is 2. The molecule has 0 fully saturated rings. The molecule has 9 heteroatoms. The van der Waals surface area contributed by atoms with Crippen LogP contribution in [-0.2, 0) is 14.3 Å². The lowest BCUT2D eigenvalue weighted by atomic mass is 10.0. The standard InChI is InChI=1S/C11H20F3N3O3/c1-10(15,11(12,13)14)9(19)17(5-6-20-4)7-8(18)16(2)3/h5-7,15H2,1-4H3. The maximum atomic E-state index is 12.8. The highest BCUT2D eigenvalue weighted by atomic mass is 19.4. The fourth-order valence-corrected chi connectivity index (χ4v) is 1.21. The third-order valence-electron chi connectivity index (χ3n) is 2.71. The Kier molecular flexibility index (Phi) is 6.42. The highest BCUT2D eigenvalue weighted by Gasteiger charge is 2.55. The van der Waals surface area contributed by atoms with E-state index in [1.54, 1.807) is 0 Å². The van der Waals surface area contributed by atoms with E-state index in [2.05, 4.69) is 0 Å². The maximum absolute atomic E-state index is 12.8.